The predicted octanol–water partition coefficient (Wildman–Crippen LogP) is 1.98. The van der Waals surface area contributed by atoms with Gasteiger partial charge < -0.3 is 15.0 Å². The van der Waals surface area contributed by atoms with E-state index in [4.69, 9.17) is 15.0 Å². The van der Waals surface area contributed by atoms with Crippen molar-refractivity contribution < 1.29 is 22.5 Å². The van der Waals surface area contributed by atoms with Crippen molar-refractivity contribution in [1.29, 1.82) is 0 Å². The Balaban J connectivity index is 2.40. The third kappa shape index (κ3) is 2.49. The summed E-state index contributed by atoms with van der Waals surface area (Å²) >= 11 is 0. The zero-order valence-corrected chi connectivity index (χ0v) is 11.7. The summed E-state index contributed by atoms with van der Waals surface area (Å²) in [4.78, 5) is 3.58. The van der Waals surface area contributed by atoms with Crippen molar-refractivity contribution in [2.24, 2.45) is 0 Å². The molecule has 1 aliphatic heterocycles. The first-order chi connectivity index (χ1) is 8.94. The molecule has 20 heavy (non-hydrogen) atoms. The molecule has 1 fully saturated rings. The minimum Gasteiger partial charge on any atom is -0.399 e. The molecule has 0 saturated carbocycles. The Hall–Kier alpha value is -1.28. The van der Waals surface area contributed by atoms with Crippen LogP contribution in [0.25, 0.3) is 0 Å². The smallest absolute Gasteiger partial charge is 0.399 e. The number of hydrogen-bond donors (Lipinski definition) is 1. The van der Waals surface area contributed by atoms with Crippen LogP contribution in [-0.4, -0.2) is 23.3 Å². The lowest BCUT2D eigenvalue weighted by Crippen LogP contribution is -2.41. The van der Waals surface area contributed by atoms with Crippen LogP contribution in [0.4, 0.5) is 19.0 Å². The molecule has 1 aromatic rings. The van der Waals surface area contributed by atoms with E-state index in [0.717, 1.165) is 6.07 Å². The Labute approximate surface area is 115 Å². The van der Waals surface area contributed by atoms with E-state index >= 15 is 0 Å². The largest absolute Gasteiger partial charge is 0.498 e. The van der Waals surface area contributed by atoms with Gasteiger partial charge in [-0.15, -0.1) is 0 Å². The van der Waals surface area contributed by atoms with E-state index in [1.165, 1.54) is 0 Å². The first-order valence-electron chi connectivity index (χ1n) is 6.12. The highest BCUT2D eigenvalue weighted by atomic mass is 19.4. The van der Waals surface area contributed by atoms with Gasteiger partial charge in [-0.05, 0) is 33.8 Å². The summed E-state index contributed by atoms with van der Waals surface area (Å²) in [5.41, 5.74) is 3.56. The van der Waals surface area contributed by atoms with Gasteiger partial charge in [0.1, 0.15) is 5.82 Å². The molecule has 1 saturated heterocycles. The molecule has 0 amide bonds. The summed E-state index contributed by atoms with van der Waals surface area (Å²) in [6.45, 7) is 7.24. The third-order valence-corrected chi connectivity index (χ3v) is 3.78. The minimum atomic E-state index is -4.49. The van der Waals surface area contributed by atoms with Crippen LogP contribution in [0.2, 0.25) is 0 Å². The highest BCUT2D eigenvalue weighted by Gasteiger charge is 2.52. The number of aromatic nitrogens is 1. The number of nitrogens with two attached hydrogens (primary N) is 1. The lowest BCUT2D eigenvalue weighted by atomic mass is 9.78. The van der Waals surface area contributed by atoms with E-state index in [1.807, 2.05) is 27.7 Å². The highest BCUT2D eigenvalue weighted by molar-refractivity contribution is 6.63. The van der Waals surface area contributed by atoms with Crippen LogP contribution in [0.5, 0.6) is 0 Å². The Morgan fingerprint density at radius 1 is 1.15 bits per heavy atom. The van der Waals surface area contributed by atoms with E-state index in [2.05, 4.69) is 4.98 Å². The number of anilines is 1. The first kappa shape index (κ1) is 15.1. The average molecular weight is 288 g/mol. The first-order valence-corrected chi connectivity index (χ1v) is 6.12. The predicted molar refractivity (Wildman–Crippen MR) is 69.4 cm³/mol. The van der Waals surface area contributed by atoms with E-state index in [1.54, 1.807) is 0 Å². The molecular formula is C12H16BF3N2O2. The van der Waals surface area contributed by atoms with Crippen LogP contribution < -0.4 is 11.2 Å². The maximum atomic E-state index is 12.7. The van der Waals surface area contributed by atoms with Crippen LogP contribution in [0.1, 0.15) is 33.3 Å². The fourth-order valence-corrected chi connectivity index (χ4v) is 1.81. The highest BCUT2D eigenvalue weighted by Crippen LogP contribution is 2.37. The molecule has 0 aromatic carbocycles. The molecule has 0 unspecified atom stereocenters. The standard InChI is InChI=1S/C12H16BF3N2O2/c1-10(2)11(3,4)20-13(19-10)8-5-7(12(14,15)16)6-18-9(8)17/h5-6H,1-4H3,(H2,17,18). The number of nitrogens with zero attached hydrogens (tertiary/aromatic N) is 1. The summed E-state index contributed by atoms with van der Waals surface area (Å²) in [5, 5.41) is 0. The molecule has 110 valence electrons. The number of rotatable bonds is 1. The van der Waals surface area contributed by atoms with Gasteiger partial charge in [0.15, 0.2) is 0 Å². The second-order valence-corrected chi connectivity index (χ2v) is 5.78. The van der Waals surface area contributed by atoms with Crippen molar-refractivity contribution in [2.45, 2.75) is 45.1 Å². The lowest BCUT2D eigenvalue weighted by molar-refractivity contribution is -0.137. The number of nitrogen functional groups attached to an aromatic ring is 1. The maximum absolute atomic E-state index is 12.7. The Bertz CT molecular complexity index is 516. The van der Waals surface area contributed by atoms with E-state index < -0.39 is 30.1 Å². The molecule has 0 radical (unpaired) electrons. The molecule has 8 heteroatoms. The molecule has 2 heterocycles. The zero-order chi connectivity index (χ0) is 15.3. The molecular weight excluding hydrogens is 272 g/mol. The summed E-state index contributed by atoms with van der Waals surface area (Å²) < 4.78 is 49.6. The molecule has 0 aliphatic carbocycles. The van der Waals surface area contributed by atoms with Gasteiger partial charge in [-0.2, -0.15) is 13.2 Å². The Morgan fingerprint density at radius 3 is 2.10 bits per heavy atom. The van der Waals surface area contributed by atoms with Crippen LogP contribution in [-0.2, 0) is 15.5 Å². The van der Waals surface area contributed by atoms with Gasteiger partial charge in [0, 0.05) is 11.7 Å². The molecule has 1 aromatic heterocycles. The van der Waals surface area contributed by atoms with Gasteiger partial charge in [-0.1, -0.05) is 0 Å². The normalized spacial score (nSPS) is 21.2. The van der Waals surface area contributed by atoms with E-state index in [0.29, 0.717) is 6.20 Å². The SMILES string of the molecule is CC1(C)OB(c2cc(C(F)(F)F)cnc2N)OC1(C)C. The van der Waals surface area contributed by atoms with Crippen molar-refractivity contribution in [1.82, 2.24) is 4.98 Å². The van der Waals surface area contributed by atoms with Crippen LogP contribution in [0.15, 0.2) is 12.3 Å². The van der Waals surface area contributed by atoms with Gasteiger partial charge in [-0.25, -0.2) is 4.98 Å². The number of halogens is 3. The van der Waals surface area contributed by atoms with Crippen molar-refractivity contribution >= 4 is 18.4 Å². The van der Waals surface area contributed by atoms with Gasteiger partial charge in [0.25, 0.3) is 0 Å². The fraction of sp³-hybridized carbons (Fsp3) is 0.583. The third-order valence-electron chi connectivity index (χ3n) is 3.78. The molecule has 0 atom stereocenters. The second-order valence-electron chi connectivity index (χ2n) is 5.78. The van der Waals surface area contributed by atoms with Crippen LogP contribution in [0, 0.1) is 0 Å². The Kier molecular flexibility index (Phi) is 3.30. The van der Waals surface area contributed by atoms with Crippen molar-refractivity contribution in [2.75, 3.05) is 5.73 Å². The van der Waals surface area contributed by atoms with Gasteiger partial charge in [0.2, 0.25) is 0 Å². The maximum Gasteiger partial charge on any atom is 0.498 e. The quantitative estimate of drug-likeness (QED) is 0.803. The summed E-state index contributed by atoms with van der Waals surface area (Å²) in [5.74, 6) is -0.0310. The molecule has 2 N–H and O–H groups in total. The zero-order valence-electron chi connectivity index (χ0n) is 11.7. The van der Waals surface area contributed by atoms with Gasteiger partial charge >= 0.3 is 13.3 Å². The topological polar surface area (TPSA) is 57.4 Å². The fourth-order valence-electron chi connectivity index (χ4n) is 1.81. The lowest BCUT2D eigenvalue weighted by Gasteiger charge is -2.32. The van der Waals surface area contributed by atoms with E-state index in [9.17, 15) is 13.2 Å². The van der Waals surface area contributed by atoms with Crippen molar-refractivity contribution in [3.05, 3.63) is 17.8 Å². The number of hydrogen-bond acceptors (Lipinski definition) is 4. The Morgan fingerprint density at radius 2 is 1.65 bits per heavy atom. The van der Waals surface area contributed by atoms with Crippen molar-refractivity contribution in [3.63, 3.8) is 0 Å². The summed E-state index contributed by atoms with van der Waals surface area (Å²) in [6.07, 6.45) is -3.79. The van der Waals surface area contributed by atoms with Crippen LogP contribution in [0.3, 0.4) is 0 Å². The van der Waals surface area contributed by atoms with Gasteiger partial charge in [-0.3, -0.25) is 0 Å². The number of alkyl halides is 3. The second kappa shape index (κ2) is 4.36. The molecule has 1 aliphatic rings. The number of pyridine rings is 1. The average Bonchev–Trinajstić information content (AvgIpc) is 2.46. The summed E-state index contributed by atoms with van der Waals surface area (Å²) in [6, 6.07) is 0.921. The monoisotopic (exact) mass is 288 g/mol. The minimum absolute atomic E-state index is 0.0310. The van der Waals surface area contributed by atoms with E-state index in [-0.39, 0.29) is 11.3 Å². The summed E-state index contributed by atoms with van der Waals surface area (Å²) in [7, 11) is -0.963. The molecule has 0 spiro atoms. The molecule has 4 nitrogen and oxygen atoms in total. The van der Waals surface area contributed by atoms with Gasteiger partial charge in [0.05, 0.1) is 16.8 Å². The molecule has 2 rings (SSSR count). The van der Waals surface area contributed by atoms with Crippen molar-refractivity contribution in [3.8, 4) is 0 Å². The molecule has 0 bridgehead atoms. The van der Waals surface area contributed by atoms with Crippen LogP contribution >= 0.6 is 0 Å².